The van der Waals surface area contributed by atoms with E-state index in [1.165, 1.54) is 6.33 Å². The molecule has 1 aromatic heterocycles. The van der Waals surface area contributed by atoms with E-state index in [-0.39, 0.29) is 5.25 Å². The van der Waals surface area contributed by atoms with Crippen LogP contribution < -0.4 is 5.73 Å². The van der Waals surface area contributed by atoms with Crippen LogP contribution in [0.1, 0.15) is 25.7 Å². The maximum absolute atomic E-state index is 11.1. The van der Waals surface area contributed by atoms with Crippen molar-refractivity contribution in [1.29, 1.82) is 0 Å². The van der Waals surface area contributed by atoms with Crippen LogP contribution in [0.2, 0.25) is 0 Å². The highest BCUT2D eigenvalue weighted by atomic mass is 32.2. The van der Waals surface area contributed by atoms with Crippen molar-refractivity contribution in [2.24, 2.45) is 5.73 Å². The number of nitrogens with zero attached hydrogens (tertiary/aromatic N) is 2. The average molecular weight is 253 g/mol. The van der Waals surface area contributed by atoms with Gasteiger partial charge in [0.2, 0.25) is 0 Å². The lowest BCUT2D eigenvalue weighted by molar-refractivity contribution is -0.144. The Kier molecular flexibility index (Phi) is 3.63. The summed E-state index contributed by atoms with van der Waals surface area (Å²) in [6.45, 7) is 0. The summed E-state index contributed by atoms with van der Waals surface area (Å²) in [5, 5.41) is 10.2. The van der Waals surface area contributed by atoms with Crippen molar-refractivity contribution in [3.63, 3.8) is 0 Å². The van der Waals surface area contributed by atoms with Crippen LogP contribution in [-0.2, 0) is 4.79 Å². The predicted molar refractivity (Wildman–Crippen MR) is 64.7 cm³/mol. The van der Waals surface area contributed by atoms with Crippen molar-refractivity contribution in [3.05, 3.63) is 18.6 Å². The van der Waals surface area contributed by atoms with Gasteiger partial charge in [-0.1, -0.05) is 0 Å². The van der Waals surface area contributed by atoms with E-state index in [2.05, 4.69) is 9.97 Å². The first-order valence-electron chi connectivity index (χ1n) is 5.55. The zero-order valence-electron chi connectivity index (χ0n) is 9.37. The summed E-state index contributed by atoms with van der Waals surface area (Å²) in [5.74, 6) is -0.898. The second-order valence-corrected chi connectivity index (χ2v) is 5.67. The minimum absolute atomic E-state index is 0.222. The SMILES string of the molecule is NC1(C(=O)O)CCCC(Sc2ccncn2)C1. The number of hydrogen-bond acceptors (Lipinski definition) is 5. The Labute approximate surface area is 104 Å². The van der Waals surface area contributed by atoms with E-state index < -0.39 is 11.5 Å². The third-order valence-corrected chi connectivity index (χ3v) is 4.23. The molecule has 6 heteroatoms. The minimum Gasteiger partial charge on any atom is -0.480 e. The molecule has 2 atom stereocenters. The molecule has 2 rings (SSSR count). The van der Waals surface area contributed by atoms with E-state index >= 15 is 0 Å². The van der Waals surface area contributed by atoms with Crippen molar-refractivity contribution in [2.75, 3.05) is 0 Å². The van der Waals surface area contributed by atoms with E-state index in [1.807, 2.05) is 6.07 Å². The van der Waals surface area contributed by atoms with Crippen LogP contribution in [0.3, 0.4) is 0 Å². The molecule has 1 heterocycles. The lowest BCUT2D eigenvalue weighted by atomic mass is 9.82. The van der Waals surface area contributed by atoms with Crippen LogP contribution in [0.15, 0.2) is 23.6 Å². The Bertz CT molecular complexity index is 401. The van der Waals surface area contributed by atoms with Crippen LogP contribution >= 0.6 is 11.8 Å². The lowest BCUT2D eigenvalue weighted by Gasteiger charge is -2.33. The Hall–Kier alpha value is -1.14. The molecule has 1 aliphatic carbocycles. The van der Waals surface area contributed by atoms with Gasteiger partial charge in [0.05, 0.1) is 5.03 Å². The normalized spacial score (nSPS) is 28.9. The number of rotatable bonds is 3. The highest BCUT2D eigenvalue weighted by Crippen LogP contribution is 2.36. The fraction of sp³-hybridized carbons (Fsp3) is 0.545. The summed E-state index contributed by atoms with van der Waals surface area (Å²) >= 11 is 1.59. The van der Waals surface area contributed by atoms with Gasteiger partial charge in [-0.25, -0.2) is 9.97 Å². The lowest BCUT2D eigenvalue weighted by Crippen LogP contribution is -2.51. The van der Waals surface area contributed by atoms with E-state index in [0.29, 0.717) is 12.8 Å². The van der Waals surface area contributed by atoms with Crippen molar-refractivity contribution in [1.82, 2.24) is 9.97 Å². The minimum atomic E-state index is -1.07. The fourth-order valence-corrected chi connectivity index (χ4v) is 3.32. The maximum atomic E-state index is 11.1. The van der Waals surface area contributed by atoms with Gasteiger partial charge < -0.3 is 10.8 Å². The molecule has 0 radical (unpaired) electrons. The van der Waals surface area contributed by atoms with Crippen LogP contribution in [-0.4, -0.2) is 31.8 Å². The number of aromatic nitrogens is 2. The highest BCUT2D eigenvalue weighted by Gasteiger charge is 2.39. The van der Waals surface area contributed by atoms with Gasteiger partial charge >= 0.3 is 5.97 Å². The molecule has 0 amide bonds. The number of thioether (sulfide) groups is 1. The zero-order valence-corrected chi connectivity index (χ0v) is 10.2. The number of hydrogen-bond donors (Lipinski definition) is 2. The molecule has 1 saturated carbocycles. The Morgan fingerprint density at radius 2 is 2.47 bits per heavy atom. The molecule has 0 aliphatic heterocycles. The first-order valence-corrected chi connectivity index (χ1v) is 6.43. The van der Waals surface area contributed by atoms with E-state index in [9.17, 15) is 4.79 Å². The molecule has 3 N–H and O–H groups in total. The number of nitrogens with two attached hydrogens (primary N) is 1. The molecule has 17 heavy (non-hydrogen) atoms. The maximum Gasteiger partial charge on any atom is 0.323 e. The molecule has 2 unspecified atom stereocenters. The highest BCUT2D eigenvalue weighted by molar-refractivity contribution is 7.99. The topological polar surface area (TPSA) is 89.1 Å². The van der Waals surface area contributed by atoms with Crippen LogP contribution in [0.4, 0.5) is 0 Å². The molecule has 1 aromatic rings. The average Bonchev–Trinajstić information content (AvgIpc) is 2.30. The van der Waals surface area contributed by atoms with Gasteiger partial charge in [-0.05, 0) is 31.7 Å². The molecular weight excluding hydrogens is 238 g/mol. The molecule has 0 bridgehead atoms. The smallest absolute Gasteiger partial charge is 0.323 e. The van der Waals surface area contributed by atoms with Crippen molar-refractivity contribution >= 4 is 17.7 Å². The van der Waals surface area contributed by atoms with Gasteiger partial charge in [0, 0.05) is 11.4 Å². The predicted octanol–water partition coefficient (Wildman–Crippen LogP) is 1.29. The Morgan fingerprint density at radius 3 is 3.12 bits per heavy atom. The summed E-state index contributed by atoms with van der Waals surface area (Å²) in [4.78, 5) is 19.1. The van der Waals surface area contributed by atoms with Gasteiger partial charge in [0.15, 0.2) is 0 Å². The van der Waals surface area contributed by atoms with Crippen LogP contribution in [0.25, 0.3) is 0 Å². The molecule has 0 aromatic carbocycles. The van der Waals surface area contributed by atoms with Gasteiger partial charge in [0.25, 0.3) is 0 Å². The second-order valence-electron chi connectivity index (χ2n) is 4.35. The quantitative estimate of drug-likeness (QED) is 0.789. The number of carboxylic acid groups (broad SMARTS) is 1. The third-order valence-electron chi connectivity index (χ3n) is 3.01. The molecule has 5 nitrogen and oxygen atoms in total. The first-order chi connectivity index (χ1) is 8.10. The summed E-state index contributed by atoms with van der Waals surface area (Å²) in [5.41, 5.74) is 4.83. The summed E-state index contributed by atoms with van der Waals surface area (Å²) < 4.78 is 0. The summed E-state index contributed by atoms with van der Waals surface area (Å²) in [6.07, 6.45) is 6.08. The van der Waals surface area contributed by atoms with Gasteiger partial charge in [-0.15, -0.1) is 11.8 Å². The van der Waals surface area contributed by atoms with Crippen molar-refractivity contribution < 1.29 is 9.90 Å². The van der Waals surface area contributed by atoms with E-state index in [1.54, 1.807) is 18.0 Å². The Morgan fingerprint density at radius 1 is 1.65 bits per heavy atom. The standard InChI is InChI=1S/C11H15N3O2S/c12-11(10(15)16)4-1-2-8(6-11)17-9-3-5-13-7-14-9/h3,5,7-8H,1-2,4,6,12H2,(H,15,16). The van der Waals surface area contributed by atoms with E-state index in [0.717, 1.165) is 17.9 Å². The molecule has 0 spiro atoms. The largest absolute Gasteiger partial charge is 0.480 e. The second kappa shape index (κ2) is 5.01. The van der Waals surface area contributed by atoms with Crippen molar-refractivity contribution in [3.8, 4) is 0 Å². The van der Waals surface area contributed by atoms with Gasteiger partial charge in [0.1, 0.15) is 11.9 Å². The summed E-state index contributed by atoms with van der Waals surface area (Å²) in [7, 11) is 0. The van der Waals surface area contributed by atoms with Crippen molar-refractivity contribution in [2.45, 2.75) is 41.5 Å². The fourth-order valence-electron chi connectivity index (χ4n) is 2.07. The van der Waals surface area contributed by atoms with Crippen LogP contribution in [0, 0.1) is 0 Å². The van der Waals surface area contributed by atoms with Crippen LogP contribution in [0.5, 0.6) is 0 Å². The van der Waals surface area contributed by atoms with Gasteiger partial charge in [-0.3, -0.25) is 4.79 Å². The monoisotopic (exact) mass is 253 g/mol. The summed E-state index contributed by atoms with van der Waals surface area (Å²) in [6, 6.07) is 1.83. The van der Waals surface area contributed by atoms with Gasteiger partial charge in [-0.2, -0.15) is 0 Å². The molecule has 1 fully saturated rings. The number of carboxylic acids is 1. The molecular formula is C11H15N3O2S. The number of carbonyl (C=O) groups is 1. The first kappa shape index (κ1) is 12.3. The van der Waals surface area contributed by atoms with E-state index in [4.69, 9.17) is 10.8 Å². The molecule has 1 aliphatic rings. The Balaban J connectivity index is 2.01. The number of aliphatic carboxylic acids is 1. The molecule has 0 saturated heterocycles. The zero-order chi connectivity index (χ0) is 12.3. The third kappa shape index (κ3) is 2.95. The molecule has 92 valence electrons.